The van der Waals surface area contributed by atoms with Gasteiger partial charge < -0.3 is 9.47 Å². The molecule has 0 aromatic heterocycles. The summed E-state index contributed by atoms with van der Waals surface area (Å²) in [5.74, 6) is 2.43. The summed E-state index contributed by atoms with van der Waals surface area (Å²) in [5.41, 5.74) is 1.76. The van der Waals surface area contributed by atoms with Gasteiger partial charge in [-0.2, -0.15) is 0 Å². The Hall–Kier alpha value is -1.22. The average molecular weight is 317 g/mol. The predicted octanol–water partition coefficient (Wildman–Crippen LogP) is 4.25. The van der Waals surface area contributed by atoms with Crippen LogP contribution in [0, 0.1) is 5.92 Å². The van der Waals surface area contributed by atoms with E-state index in [1.54, 1.807) is 14.2 Å². The molecule has 3 nitrogen and oxygen atoms in total. The minimum Gasteiger partial charge on any atom is -0.493 e. The van der Waals surface area contributed by atoms with Gasteiger partial charge in [0.05, 0.1) is 14.2 Å². The van der Waals surface area contributed by atoms with Crippen LogP contribution in [0.1, 0.15) is 51.5 Å². The lowest BCUT2D eigenvalue weighted by Gasteiger charge is -2.43. The SMILES string of the molecule is COc1ccc(C23CCCCC2N(CC(C)C)CC3)cc1OC. The molecular weight excluding hydrogens is 286 g/mol. The number of fused-ring (bicyclic) bond motifs is 1. The Kier molecular flexibility index (Phi) is 4.86. The lowest BCUT2D eigenvalue weighted by Crippen LogP contribution is -2.45. The summed E-state index contributed by atoms with van der Waals surface area (Å²) in [4.78, 5) is 2.75. The van der Waals surface area contributed by atoms with E-state index >= 15 is 0 Å². The van der Waals surface area contributed by atoms with E-state index in [1.807, 2.05) is 0 Å². The Morgan fingerprint density at radius 1 is 1.13 bits per heavy atom. The lowest BCUT2D eigenvalue weighted by atomic mass is 9.66. The Labute approximate surface area is 141 Å². The van der Waals surface area contributed by atoms with Crippen molar-refractivity contribution in [2.45, 2.75) is 57.4 Å². The molecule has 2 fully saturated rings. The summed E-state index contributed by atoms with van der Waals surface area (Å²) in [7, 11) is 3.44. The number of likely N-dealkylation sites (tertiary alicyclic amines) is 1. The predicted molar refractivity (Wildman–Crippen MR) is 94.5 cm³/mol. The summed E-state index contributed by atoms with van der Waals surface area (Å²) in [6.07, 6.45) is 6.64. The highest BCUT2D eigenvalue weighted by atomic mass is 16.5. The zero-order chi connectivity index (χ0) is 16.4. The maximum Gasteiger partial charge on any atom is 0.161 e. The first kappa shape index (κ1) is 16.6. The summed E-state index contributed by atoms with van der Waals surface area (Å²) in [6.45, 7) is 7.12. The second kappa shape index (κ2) is 6.72. The van der Waals surface area contributed by atoms with E-state index in [0.717, 1.165) is 17.4 Å². The van der Waals surface area contributed by atoms with Crippen LogP contribution in [0.2, 0.25) is 0 Å². The van der Waals surface area contributed by atoms with Crippen LogP contribution in [0.4, 0.5) is 0 Å². The quantitative estimate of drug-likeness (QED) is 0.810. The molecule has 128 valence electrons. The van der Waals surface area contributed by atoms with Crippen LogP contribution in [-0.4, -0.2) is 38.3 Å². The number of ether oxygens (including phenoxy) is 2. The average Bonchev–Trinajstić information content (AvgIpc) is 2.93. The minimum atomic E-state index is 0.312. The minimum absolute atomic E-state index is 0.312. The van der Waals surface area contributed by atoms with Crippen molar-refractivity contribution in [3.05, 3.63) is 23.8 Å². The fraction of sp³-hybridized carbons (Fsp3) is 0.700. The maximum absolute atomic E-state index is 5.57. The zero-order valence-electron chi connectivity index (χ0n) is 15.1. The number of nitrogens with zero attached hydrogens (tertiary/aromatic N) is 1. The van der Waals surface area contributed by atoms with Gasteiger partial charge in [-0.15, -0.1) is 0 Å². The molecule has 1 aliphatic carbocycles. The Balaban J connectivity index is 1.95. The molecule has 2 aliphatic rings. The fourth-order valence-corrected chi connectivity index (χ4v) is 4.86. The smallest absolute Gasteiger partial charge is 0.161 e. The van der Waals surface area contributed by atoms with Crippen molar-refractivity contribution in [3.63, 3.8) is 0 Å². The van der Waals surface area contributed by atoms with Crippen molar-refractivity contribution < 1.29 is 9.47 Å². The van der Waals surface area contributed by atoms with Crippen LogP contribution in [-0.2, 0) is 5.41 Å². The molecule has 1 saturated carbocycles. The Morgan fingerprint density at radius 2 is 1.91 bits per heavy atom. The fourth-order valence-electron chi connectivity index (χ4n) is 4.86. The van der Waals surface area contributed by atoms with Crippen molar-refractivity contribution in [2.75, 3.05) is 27.3 Å². The normalized spacial score (nSPS) is 28.0. The third kappa shape index (κ3) is 2.96. The number of methoxy groups -OCH3 is 2. The molecule has 1 heterocycles. The van der Waals surface area contributed by atoms with E-state index < -0.39 is 0 Å². The van der Waals surface area contributed by atoms with Crippen LogP contribution in [0.3, 0.4) is 0 Å². The molecule has 2 atom stereocenters. The third-order valence-electron chi connectivity index (χ3n) is 5.83. The third-order valence-corrected chi connectivity index (χ3v) is 5.83. The van der Waals surface area contributed by atoms with Crippen LogP contribution >= 0.6 is 0 Å². The summed E-state index contributed by atoms with van der Waals surface area (Å²) < 4.78 is 11.0. The van der Waals surface area contributed by atoms with Crippen molar-refractivity contribution in [2.24, 2.45) is 5.92 Å². The molecule has 0 spiro atoms. The van der Waals surface area contributed by atoms with E-state index in [9.17, 15) is 0 Å². The molecule has 3 heteroatoms. The first-order valence-corrected chi connectivity index (χ1v) is 9.07. The Morgan fingerprint density at radius 3 is 2.61 bits per heavy atom. The van der Waals surface area contributed by atoms with Gasteiger partial charge in [0.15, 0.2) is 11.5 Å². The van der Waals surface area contributed by atoms with Gasteiger partial charge in [-0.3, -0.25) is 4.90 Å². The van der Waals surface area contributed by atoms with E-state index in [2.05, 4.69) is 36.9 Å². The highest BCUT2D eigenvalue weighted by Crippen LogP contribution is 2.50. The highest BCUT2D eigenvalue weighted by Gasteiger charge is 2.49. The van der Waals surface area contributed by atoms with Crippen molar-refractivity contribution >= 4 is 0 Å². The molecule has 23 heavy (non-hydrogen) atoms. The van der Waals surface area contributed by atoms with Gasteiger partial charge in [-0.1, -0.05) is 32.8 Å². The molecule has 0 amide bonds. The van der Waals surface area contributed by atoms with Gasteiger partial charge in [-0.25, -0.2) is 0 Å². The second-order valence-electron chi connectivity index (χ2n) is 7.63. The van der Waals surface area contributed by atoms with Crippen LogP contribution < -0.4 is 9.47 Å². The molecule has 1 saturated heterocycles. The van der Waals surface area contributed by atoms with Crippen molar-refractivity contribution in [3.8, 4) is 11.5 Å². The first-order valence-electron chi connectivity index (χ1n) is 9.07. The molecule has 1 aromatic carbocycles. The van der Waals surface area contributed by atoms with E-state index in [4.69, 9.17) is 9.47 Å². The standard InChI is InChI=1S/C20H31NO2/c1-15(2)14-21-12-11-20(10-6-5-7-19(20)21)16-8-9-17(22-3)18(13-16)23-4/h8-9,13,15,19H,5-7,10-12,14H2,1-4H3. The van der Waals surface area contributed by atoms with Gasteiger partial charge in [0, 0.05) is 18.0 Å². The summed E-state index contributed by atoms with van der Waals surface area (Å²) in [6, 6.07) is 7.28. The first-order chi connectivity index (χ1) is 11.1. The zero-order valence-corrected chi connectivity index (χ0v) is 15.1. The van der Waals surface area contributed by atoms with Crippen LogP contribution in [0.25, 0.3) is 0 Å². The lowest BCUT2D eigenvalue weighted by molar-refractivity contribution is 0.144. The van der Waals surface area contributed by atoms with Gasteiger partial charge in [-0.05, 0) is 49.4 Å². The van der Waals surface area contributed by atoms with Crippen LogP contribution in [0.5, 0.6) is 11.5 Å². The molecular formula is C20H31NO2. The topological polar surface area (TPSA) is 21.7 Å². The van der Waals surface area contributed by atoms with Gasteiger partial charge >= 0.3 is 0 Å². The molecule has 3 rings (SSSR count). The summed E-state index contributed by atoms with van der Waals surface area (Å²) >= 11 is 0. The molecule has 2 unspecified atom stereocenters. The van der Waals surface area contributed by atoms with E-state index in [-0.39, 0.29) is 0 Å². The summed E-state index contributed by atoms with van der Waals surface area (Å²) in [5, 5.41) is 0. The van der Waals surface area contributed by atoms with Gasteiger partial charge in [0.1, 0.15) is 0 Å². The molecule has 0 radical (unpaired) electrons. The molecule has 0 bridgehead atoms. The monoisotopic (exact) mass is 317 g/mol. The van der Waals surface area contributed by atoms with E-state index in [0.29, 0.717) is 11.5 Å². The van der Waals surface area contributed by atoms with Gasteiger partial charge in [0.2, 0.25) is 0 Å². The molecule has 1 aromatic rings. The largest absolute Gasteiger partial charge is 0.493 e. The second-order valence-corrected chi connectivity index (χ2v) is 7.63. The van der Waals surface area contributed by atoms with Gasteiger partial charge in [0.25, 0.3) is 0 Å². The Bertz CT molecular complexity index is 542. The molecule has 1 aliphatic heterocycles. The van der Waals surface area contributed by atoms with Crippen LogP contribution in [0.15, 0.2) is 18.2 Å². The molecule has 0 N–H and O–H groups in total. The van der Waals surface area contributed by atoms with Crippen molar-refractivity contribution in [1.82, 2.24) is 4.90 Å². The van der Waals surface area contributed by atoms with Crippen molar-refractivity contribution in [1.29, 1.82) is 0 Å². The van der Waals surface area contributed by atoms with E-state index in [1.165, 1.54) is 50.8 Å². The number of benzene rings is 1. The maximum atomic E-state index is 5.57. The number of rotatable bonds is 5. The highest BCUT2D eigenvalue weighted by molar-refractivity contribution is 5.46. The number of hydrogen-bond donors (Lipinski definition) is 0. The number of hydrogen-bond acceptors (Lipinski definition) is 3.